The molecule has 0 bridgehead atoms. The molecule has 0 amide bonds. The topological polar surface area (TPSA) is 18.5 Å². The van der Waals surface area contributed by atoms with Gasteiger partial charge in [-0.15, -0.1) is 6.00 Å². The molecule has 3 unspecified atom stereocenters. The average Bonchev–Trinajstić information content (AvgIpc) is 2.69. The van der Waals surface area contributed by atoms with Crippen molar-refractivity contribution >= 4 is 15.7 Å². The fourth-order valence-electron chi connectivity index (χ4n) is 2.64. The van der Waals surface area contributed by atoms with Crippen LogP contribution in [0.2, 0.25) is 0 Å². The third-order valence-corrected chi connectivity index (χ3v) is 4.99. The van der Waals surface area contributed by atoms with E-state index in [-0.39, 0.29) is 88.4 Å². The first-order valence-electron chi connectivity index (χ1n) is 7.88. The maximum Gasteiger partial charge on any atom is 0.0625 e. The second-order valence-electron chi connectivity index (χ2n) is 6.45. The zero-order valence-corrected chi connectivity index (χ0v) is 20.8. The van der Waals surface area contributed by atoms with Crippen molar-refractivity contribution in [2.24, 2.45) is 17.3 Å². The summed E-state index contributed by atoms with van der Waals surface area (Å²) in [6.45, 7) is 17.3. The molecule has 0 aromatic heterocycles. The van der Waals surface area contributed by atoms with Crippen LogP contribution in [-0.2, 0) is 74.9 Å². The predicted octanol–water partition coefficient (Wildman–Crippen LogP) is 2.91. The molecule has 6 radical (unpaired) electrons. The Labute approximate surface area is 197 Å². The van der Waals surface area contributed by atoms with Crippen LogP contribution < -0.4 is 0 Å². The van der Waals surface area contributed by atoms with Crippen molar-refractivity contribution in [1.82, 2.24) is 0 Å². The van der Waals surface area contributed by atoms with Crippen LogP contribution in [0.1, 0.15) is 40.5 Å². The zero-order valence-electron chi connectivity index (χ0n) is 15.1. The van der Waals surface area contributed by atoms with Crippen LogP contribution in [0.5, 0.6) is 0 Å². The minimum atomic E-state index is -0.264. The summed E-state index contributed by atoms with van der Waals surface area (Å²) in [5.41, 5.74) is -0.213. The van der Waals surface area contributed by atoms with Gasteiger partial charge in [0.05, 0.1) is 15.7 Å². The van der Waals surface area contributed by atoms with E-state index in [4.69, 9.17) is 25.2 Å². The second kappa shape index (κ2) is 11.9. The van der Waals surface area contributed by atoms with Gasteiger partial charge in [0.25, 0.3) is 0 Å². The van der Waals surface area contributed by atoms with Gasteiger partial charge in [-0.2, -0.15) is 17.3 Å². The molecule has 6 heteroatoms. The smallest absolute Gasteiger partial charge is 0.0625 e. The Morgan fingerprint density at radius 1 is 1.00 bits per heavy atom. The summed E-state index contributed by atoms with van der Waals surface area (Å²) >= 11 is 0. The van der Waals surface area contributed by atoms with E-state index in [2.05, 4.69) is 41.5 Å². The fourth-order valence-corrected chi connectivity index (χ4v) is 2.64. The molecular weight excluding hydrogens is 436 g/mol. The maximum atomic E-state index is 5.60. The molecule has 124 valence electrons. The first-order chi connectivity index (χ1) is 9.66. The molecule has 2 saturated heterocycles. The van der Waals surface area contributed by atoms with Crippen molar-refractivity contribution in [3.8, 4) is 0 Å². The number of ether oxygens (including phenoxy) is 2. The molecule has 2 fully saturated rings. The van der Waals surface area contributed by atoms with Gasteiger partial charge in [0.15, 0.2) is 0 Å². The molecule has 0 spiro atoms. The van der Waals surface area contributed by atoms with E-state index in [1.54, 1.807) is 0 Å². The summed E-state index contributed by atoms with van der Waals surface area (Å²) in [5.74, 6) is 0.823. The van der Waals surface area contributed by atoms with Crippen molar-refractivity contribution < 1.29 is 74.9 Å². The SMILES string of the molecule is [B]C1[CH-][C@@H](C)C([CH2-])(CC)CO1.[B][C@H]1[CH-][C@H](C)C([CH2-])(CC)O1.[Y].[Y]. The molecule has 0 N–H and O–H groups in total. The van der Waals surface area contributed by atoms with Gasteiger partial charge in [-0.05, 0) is 0 Å². The summed E-state index contributed by atoms with van der Waals surface area (Å²) in [7, 11) is 11.2. The average molecular weight is 464 g/mol. The molecule has 0 aromatic carbocycles. The first-order valence-corrected chi connectivity index (χ1v) is 7.88. The van der Waals surface area contributed by atoms with Gasteiger partial charge in [-0.25, -0.2) is 0 Å². The molecule has 2 aliphatic heterocycles. The minimum Gasteiger partial charge on any atom is -0.446 e. The summed E-state index contributed by atoms with van der Waals surface area (Å²) in [5, 5.41) is 0. The first kappa shape index (κ1) is 27.5. The largest absolute Gasteiger partial charge is 0.446 e. The van der Waals surface area contributed by atoms with Crippen LogP contribution in [0.25, 0.3) is 0 Å². The van der Waals surface area contributed by atoms with E-state index in [0.29, 0.717) is 18.4 Å². The number of rotatable bonds is 2. The Balaban J connectivity index is 0. The third kappa shape index (κ3) is 7.80. The Morgan fingerprint density at radius 3 is 1.83 bits per heavy atom. The summed E-state index contributed by atoms with van der Waals surface area (Å²) < 4.78 is 10.7. The van der Waals surface area contributed by atoms with Gasteiger partial charge in [0.1, 0.15) is 0 Å². The molecule has 23 heavy (non-hydrogen) atoms. The molecule has 0 aliphatic carbocycles. The van der Waals surface area contributed by atoms with Gasteiger partial charge >= 0.3 is 0 Å². The summed E-state index contributed by atoms with van der Waals surface area (Å²) in [4.78, 5) is 0. The Morgan fingerprint density at radius 2 is 1.52 bits per heavy atom. The van der Waals surface area contributed by atoms with Crippen molar-refractivity contribution in [3.05, 3.63) is 26.7 Å². The van der Waals surface area contributed by atoms with Crippen LogP contribution in [0, 0.1) is 43.9 Å². The van der Waals surface area contributed by atoms with E-state index < -0.39 is 0 Å². The van der Waals surface area contributed by atoms with Gasteiger partial charge < -0.3 is 36.2 Å². The quantitative estimate of drug-likeness (QED) is 0.463. The monoisotopic (exact) mass is 464 g/mol. The predicted molar refractivity (Wildman–Crippen MR) is 89.5 cm³/mol. The van der Waals surface area contributed by atoms with Gasteiger partial charge in [0.2, 0.25) is 0 Å². The zero-order chi connectivity index (χ0) is 16.3. The maximum absolute atomic E-state index is 5.60. The standard InChI is InChI=1S/C9H15BO.C8H13BO.2Y/c1-4-9(3)6-11-8(10)5-7(9)2;1-4-8(3)6(2)5-7(9)10-8;;/h5,7-8H,3-4,6H2,1-2H3;5-7H,3-4H2,1-2H3;;/q2*-2;;/t7-,8?,9?;6-,7+,8?;;/m10../s1. The Kier molecular flexibility index (Phi) is 14.2. The van der Waals surface area contributed by atoms with Gasteiger partial charge in [-0.1, -0.05) is 52.1 Å². The third-order valence-electron chi connectivity index (χ3n) is 4.99. The van der Waals surface area contributed by atoms with Crippen LogP contribution >= 0.6 is 0 Å². The van der Waals surface area contributed by atoms with E-state index in [1.165, 1.54) is 0 Å². The van der Waals surface area contributed by atoms with Crippen molar-refractivity contribution in [2.75, 3.05) is 6.61 Å². The Bertz CT molecular complexity index is 336. The molecular formula is C17H28B2O2Y2-4. The fraction of sp³-hybridized carbons (Fsp3) is 0.765. The minimum absolute atomic E-state index is 0. The molecule has 0 saturated carbocycles. The molecule has 2 rings (SSSR count). The Hall–Kier alpha value is 2.26. The van der Waals surface area contributed by atoms with Crippen LogP contribution in [0.4, 0.5) is 0 Å². The number of hydrogen-bond donors (Lipinski definition) is 0. The summed E-state index contributed by atoms with van der Waals surface area (Å²) in [6.07, 6.45) is 5.98. The molecule has 2 aliphatic rings. The molecule has 2 nitrogen and oxygen atoms in total. The van der Waals surface area contributed by atoms with Gasteiger partial charge in [0, 0.05) is 72.0 Å². The summed E-state index contributed by atoms with van der Waals surface area (Å²) in [6, 6.07) is -0.404. The number of hydrogen-bond acceptors (Lipinski definition) is 2. The van der Waals surface area contributed by atoms with E-state index >= 15 is 0 Å². The van der Waals surface area contributed by atoms with E-state index in [0.717, 1.165) is 12.8 Å². The van der Waals surface area contributed by atoms with Crippen LogP contribution in [0.3, 0.4) is 0 Å². The van der Waals surface area contributed by atoms with Crippen LogP contribution in [0.15, 0.2) is 0 Å². The molecule has 0 aromatic rings. The van der Waals surface area contributed by atoms with E-state index in [9.17, 15) is 0 Å². The molecule has 6 atom stereocenters. The van der Waals surface area contributed by atoms with Crippen molar-refractivity contribution in [3.63, 3.8) is 0 Å². The van der Waals surface area contributed by atoms with Crippen molar-refractivity contribution in [1.29, 1.82) is 0 Å². The molecule has 2 heterocycles. The van der Waals surface area contributed by atoms with Crippen LogP contribution in [-0.4, -0.2) is 39.9 Å². The van der Waals surface area contributed by atoms with Crippen molar-refractivity contribution in [2.45, 2.75) is 58.1 Å². The van der Waals surface area contributed by atoms with E-state index in [1.807, 2.05) is 12.8 Å². The normalized spacial score (nSPS) is 42.7. The second-order valence-corrected chi connectivity index (χ2v) is 6.45. The van der Waals surface area contributed by atoms with Gasteiger partial charge in [-0.3, -0.25) is 0 Å².